The van der Waals surface area contributed by atoms with Gasteiger partial charge in [-0.15, -0.1) is 22.9 Å². The molecule has 2 unspecified atom stereocenters. The minimum Gasteiger partial charge on any atom is -0.346 e. The van der Waals surface area contributed by atoms with E-state index in [4.69, 9.17) is 11.6 Å². The van der Waals surface area contributed by atoms with Crippen LogP contribution in [-0.4, -0.2) is 24.1 Å². The van der Waals surface area contributed by atoms with Gasteiger partial charge in [0, 0.05) is 22.5 Å². The molecule has 2 heterocycles. The van der Waals surface area contributed by atoms with E-state index in [9.17, 15) is 0 Å². The zero-order valence-electron chi connectivity index (χ0n) is 10.2. The lowest BCUT2D eigenvalue weighted by Gasteiger charge is -2.25. The number of aryl methyl sites for hydroxylation is 2. The maximum Gasteiger partial charge on any atom is 0.218 e. The Morgan fingerprint density at radius 2 is 2.29 bits per heavy atom. The predicted molar refractivity (Wildman–Crippen MR) is 75.8 cm³/mol. The molecule has 1 aromatic rings. The van der Waals surface area contributed by atoms with Crippen molar-refractivity contribution in [2.24, 2.45) is 9.98 Å². The van der Waals surface area contributed by atoms with Crippen LogP contribution in [0.3, 0.4) is 0 Å². The minimum atomic E-state index is -0.126. The lowest BCUT2D eigenvalue weighted by atomic mass is 10.0. The highest BCUT2D eigenvalue weighted by Crippen LogP contribution is 2.30. The summed E-state index contributed by atoms with van der Waals surface area (Å²) >= 11 is 8.10. The summed E-state index contributed by atoms with van der Waals surface area (Å²) in [5.74, 6) is 0.678. The highest BCUT2D eigenvalue weighted by Gasteiger charge is 2.26. The Bertz CT molecular complexity index is 464. The SMILES string of the molecule is CCN=C1N=CC(Cl)C(c2cc(C)sc2C)N1. The van der Waals surface area contributed by atoms with Crippen molar-refractivity contribution in [1.29, 1.82) is 0 Å². The summed E-state index contributed by atoms with van der Waals surface area (Å²) in [6.45, 7) is 6.95. The van der Waals surface area contributed by atoms with E-state index in [-0.39, 0.29) is 11.4 Å². The van der Waals surface area contributed by atoms with Gasteiger partial charge < -0.3 is 5.32 Å². The Balaban J connectivity index is 2.29. The Labute approximate surface area is 111 Å². The maximum atomic E-state index is 6.30. The van der Waals surface area contributed by atoms with Crippen LogP contribution >= 0.6 is 22.9 Å². The third kappa shape index (κ3) is 2.69. The zero-order chi connectivity index (χ0) is 12.4. The lowest BCUT2D eigenvalue weighted by molar-refractivity contribution is 0.665. The molecule has 0 fully saturated rings. The van der Waals surface area contributed by atoms with E-state index < -0.39 is 0 Å². The van der Waals surface area contributed by atoms with Crippen molar-refractivity contribution in [1.82, 2.24) is 5.32 Å². The second-order valence-electron chi connectivity index (χ2n) is 4.01. The van der Waals surface area contributed by atoms with E-state index in [0.717, 1.165) is 6.54 Å². The molecule has 2 rings (SSSR count). The van der Waals surface area contributed by atoms with Gasteiger partial charge >= 0.3 is 0 Å². The van der Waals surface area contributed by atoms with E-state index in [1.54, 1.807) is 17.6 Å². The maximum absolute atomic E-state index is 6.30. The Morgan fingerprint density at radius 3 is 2.88 bits per heavy atom. The fourth-order valence-electron chi connectivity index (χ4n) is 1.93. The molecule has 0 aliphatic carbocycles. The molecule has 0 spiro atoms. The average molecular weight is 270 g/mol. The fraction of sp³-hybridized carbons (Fsp3) is 0.500. The number of hydrogen-bond donors (Lipinski definition) is 1. The third-order valence-corrected chi connectivity index (χ3v) is 4.01. The van der Waals surface area contributed by atoms with Gasteiger partial charge in [-0.1, -0.05) is 0 Å². The number of aliphatic imine (C=N–C) groups is 2. The number of guanidine groups is 1. The van der Waals surface area contributed by atoms with Crippen LogP contribution in [0, 0.1) is 13.8 Å². The average Bonchev–Trinajstić information content (AvgIpc) is 2.61. The Kier molecular flexibility index (Phi) is 3.84. The van der Waals surface area contributed by atoms with Crippen LogP contribution < -0.4 is 5.32 Å². The van der Waals surface area contributed by atoms with Crippen LogP contribution in [0.4, 0.5) is 0 Å². The number of alkyl halides is 1. The van der Waals surface area contributed by atoms with Gasteiger partial charge in [0.2, 0.25) is 5.96 Å². The molecule has 0 amide bonds. The molecule has 0 saturated heterocycles. The van der Waals surface area contributed by atoms with E-state index in [0.29, 0.717) is 5.96 Å². The second kappa shape index (κ2) is 5.19. The van der Waals surface area contributed by atoms with Crippen LogP contribution in [0.5, 0.6) is 0 Å². The summed E-state index contributed by atoms with van der Waals surface area (Å²) in [5, 5.41) is 3.18. The first-order chi connectivity index (χ1) is 8.11. The van der Waals surface area contributed by atoms with Crippen molar-refractivity contribution in [3.05, 3.63) is 21.4 Å². The number of nitrogens with zero attached hydrogens (tertiary/aromatic N) is 2. The molecule has 1 aromatic heterocycles. The first-order valence-corrected chi connectivity index (χ1v) is 6.93. The molecule has 5 heteroatoms. The quantitative estimate of drug-likeness (QED) is 0.823. The standard InChI is InChI=1S/C12H16ClN3S/c1-4-14-12-15-6-10(13)11(16-12)9-5-7(2)17-8(9)3/h5-6,10-11H,4H2,1-3H3,(H,14,16). The van der Waals surface area contributed by atoms with Gasteiger partial charge in [0.25, 0.3) is 0 Å². The highest BCUT2D eigenvalue weighted by molar-refractivity contribution is 7.12. The summed E-state index contributed by atoms with van der Waals surface area (Å²) < 4.78 is 0. The van der Waals surface area contributed by atoms with Crippen molar-refractivity contribution < 1.29 is 0 Å². The Hall–Kier alpha value is -0.870. The summed E-state index contributed by atoms with van der Waals surface area (Å²) in [6.07, 6.45) is 1.77. The first-order valence-electron chi connectivity index (χ1n) is 5.68. The van der Waals surface area contributed by atoms with Crippen molar-refractivity contribution in [3.8, 4) is 0 Å². The summed E-state index contributed by atoms with van der Waals surface area (Å²) in [5.41, 5.74) is 1.25. The predicted octanol–water partition coefficient (Wildman–Crippen LogP) is 3.06. The number of halogens is 1. The summed E-state index contributed by atoms with van der Waals surface area (Å²) in [7, 11) is 0. The van der Waals surface area contributed by atoms with Gasteiger partial charge in [-0.05, 0) is 32.4 Å². The molecule has 1 aliphatic heterocycles. The van der Waals surface area contributed by atoms with Crippen molar-refractivity contribution in [3.63, 3.8) is 0 Å². The minimum absolute atomic E-state index is 0.0735. The van der Waals surface area contributed by atoms with E-state index in [1.807, 2.05) is 6.92 Å². The van der Waals surface area contributed by atoms with Crippen LogP contribution in [0.1, 0.15) is 28.3 Å². The molecule has 2 atom stereocenters. The molecule has 1 aliphatic rings. The van der Waals surface area contributed by atoms with Gasteiger partial charge in [0.15, 0.2) is 0 Å². The van der Waals surface area contributed by atoms with Crippen LogP contribution in [0.2, 0.25) is 0 Å². The van der Waals surface area contributed by atoms with E-state index in [1.165, 1.54) is 15.3 Å². The van der Waals surface area contributed by atoms with Crippen molar-refractivity contribution >= 4 is 35.1 Å². The molecular formula is C12H16ClN3S. The Morgan fingerprint density at radius 1 is 1.53 bits per heavy atom. The first kappa shape index (κ1) is 12.6. The normalized spacial score (nSPS) is 26.2. The largest absolute Gasteiger partial charge is 0.346 e. The third-order valence-electron chi connectivity index (χ3n) is 2.66. The second-order valence-corrected chi connectivity index (χ2v) is 5.98. The van der Waals surface area contributed by atoms with Gasteiger partial charge in [-0.25, -0.2) is 4.99 Å². The van der Waals surface area contributed by atoms with Crippen LogP contribution in [-0.2, 0) is 0 Å². The number of nitrogens with one attached hydrogen (secondary N) is 1. The summed E-state index contributed by atoms with van der Waals surface area (Å²) in [6, 6.07) is 2.26. The van der Waals surface area contributed by atoms with Gasteiger partial charge in [0.1, 0.15) is 0 Å². The van der Waals surface area contributed by atoms with Gasteiger partial charge in [-0.2, -0.15) is 0 Å². The smallest absolute Gasteiger partial charge is 0.218 e. The topological polar surface area (TPSA) is 36.8 Å². The molecule has 92 valence electrons. The van der Waals surface area contributed by atoms with Crippen LogP contribution in [0.15, 0.2) is 16.1 Å². The van der Waals surface area contributed by atoms with Crippen molar-refractivity contribution in [2.45, 2.75) is 32.2 Å². The molecule has 0 saturated carbocycles. The fourth-order valence-corrected chi connectivity index (χ4v) is 3.16. The van der Waals surface area contributed by atoms with Gasteiger partial charge in [-0.3, -0.25) is 4.99 Å². The lowest BCUT2D eigenvalue weighted by Crippen LogP contribution is -2.38. The number of rotatable bonds is 2. The molecule has 0 bridgehead atoms. The van der Waals surface area contributed by atoms with Gasteiger partial charge in [0.05, 0.1) is 11.4 Å². The molecule has 17 heavy (non-hydrogen) atoms. The van der Waals surface area contributed by atoms with E-state index in [2.05, 4.69) is 35.2 Å². The van der Waals surface area contributed by atoms with E-state index >= 15 is 0 Å². The molecule has 0 radical (unpaired) electrons. The summed E-state index contributed by atoms with van der Waals surface area (Å²) in [4.78, 5) is 11.1. The van der Waals surface area contributed by atoms with Crippen LogP contribution in [0.25, 0.3) is 0 Å². The molecule has 3 nitrogen and oxygen atoms in total. The van der Waals surface area contributed by atoms with Crippen molar-refractivity contribution in [2.75, 3.05) is 6.54 Å². The number of hydrogen-bond acceptors (Lipinski definition) is 2. The molecular weight excluding hydrogens is 254 g/mol. The monoisotopic (exact) mass is 269 g/mol. The zero-order valence-corrected chi connectivity index (χ0v) is 11.8. The molecule has 0 aromatic carbocycles. The highest BCUT2D eigenvalue weighted by atomic mass is 35.5. The molecule has 1 N–H and O–H groups in total. The number of thiophene rings is 1.